The molecule has 18 heavy (non-hydrogen) atoms. The van der Waals surface area contributed by atoms with Gasteiger partial charge in [0.2, 0.25) is 0 Å². The van der Waals surface area contributed by atoms with E-state index < -0.39 is 0 Å². The molecule has 1 unspecified atom stereocenters. The monoisotopic (exact) mass is 240 g/mol. The Bertz CT molecular complexity index is 552. The third-order valence-electron chi connectivity index (χ3n) is 2.86. The molecule has 0 spiro atoms. The van der Waals surface area contributed by atoms with E-state index in [1.807, 2.05) is 37.3 Å². The zero-order valence-corrected chi connectivity index (χ0v) is 10.6. The van der Waals surface area contributed by atoms with Crippen LogP contribution in [0.5, 0.6) is 0 Å². The molecule has 1 atom stereocenters. The summed E-state index contributed by atoms with van der Waals surface area (Å²) in [6.45, 7) is 4.13. The molecular weight excluding hydrogens is 224 g/mol. The summed E-state index contributed by atoms with van der Waals surface area (Å²) >= 11 is 0. The standard InChI is InChI=1S/C15H16N2O/c1-11-5-6-13(10-16)9-15(11)17-12(2)8-14-4-3-7-18-14/h3-7,9,12,17H,8H2,1-2H3. The van der Waals surface area contributed by atoms with E-state index >= 15 is 0 Å². The molecule has 2 aromatic rings. The minimum absolute atomic E-state index is 0.254. The van der Waals surface area contributed by atoms with Crippen molar-refractivity contribution in [3.63, 3.8) is 0 Å². The smallest absolute Gasteiger partial charge is 0.105 e. The summed E-state index contributed by atoms with van der Waals surface area (Å²) in [6.07, 6.45) is 2.51. The number of anilines is 1. The number of hydrogen-bond donors (Lipinski definition) is 1. The minimum Gasteiger partial charge on any atom is -0.469 e. The van der Waals surface area contributed by atoms with Gasteiger partial charge < -0.3 is 9.73 Å². The van der Waals surface area contributed by atoms with Gasteiger partial charge in [0.1, 0.15) is 5.76 Å². The number of hydrogen-bond acceptors (Lipinski definition) is 3. The molecule has 2 rings (SSSR count). The van der Waals surface area contributed by atoms with Crippen molar-refractivity contribution in [3.05, 3.63) is 53.5 Å². The number of nitriles is 1. The highest BCUT2D eigenvalue weighted by molar-refractivity contribution is 5.55. The van der Waals surface area contributed by atoms with E-state index in [9.17, 15) is 0 Å². The van der Waals surface area contributed by atoms with E-state index in [0.717, 1.165) is 23.4 Å². The molecule has 0 bridgehead atoms. The van der Waals surface area contributed by atoms with Crippen molar-refractivity contribution in [1.29, 1.82) is 5.26 Å². The summed E-state index contributed by atoms with van der Waals surface area (Å²) in [4.78, 5) is 0. The Kier molecular flexibility index (Phi) is 3.69. The Morgan fingerprint density at radius 1 is 1.39 bits per heavy atom. The molecule has 0 saturated carbocycles. The number of rotatable bonds is 4. The van der Waals surface area contributed by atoms with Crippen LogP contribution in [0.4, 0.5) is 5.69 Å². The van der Waals surface area contributed by atoms with Crippen molar-refractivity contribution in [2.75, 3.05) is 5.32 Å². The summed E-state index contributed by atoms with van der Waals surface area (Å²) in [7, 11) is 0. The van der Waals surface area contributed by atoms with Gasteiger partial charge in [-0.15, -0.1) is 0 Å². The van der Waals surface area contributed by atoms with Crippen molar-refractivity contribution < 1.29 is 4.42 Å². The van der Waals surface area contributed by atoms with E-state index in [-0.39, 0.29) is 6.04 Å². The fourth-order valence-electron chi connectivity index (χ4n) is 1.89. The highest BCUT2D eigenvalue weighted by Crippen LogP contribution is 2.18. The summed E-state index contributed by atoms with van der Waals surface area (Å²) in [5.74, 6) is 0.962. The lowest BCUT2D eigenvalue weighted by Crippen LogP contribution is -2.18. The topological polar surface area (TPSA) is 49.0 Å². The highest BCUT2D eigenvalue weighted by Gasteiger charge is 2.07. The van der Waals surface area contributed by atoms with Gasteiger partial charge in [0.25, 0.3) is 0 Å². The SMILES string of the molecule is Cc1ccc(C#N)cc1NC(C)Cc1ccco1. The number of nitrogens with zero attached hydrogens (tertiary/aromatic N) is 1. The molecule has 1 aromatic heterocycles. The summed E-state index contributed by atoms with van der Waals surface area (Å²) in [6, 6.07) is 11.9. The van der Waals surface area contributed by atoms with Crippen LogP contribution in [0, 0.1) is 18.3 Å². The van der Waals surface area contributed by atoms with Crippen LogP contribution < -0.4 is 5.32 Å². The first-order valence-corrected chi connectivity index (χ1v) is 5.98. The van der Waals surface area contributed by atoms with Gasteiger partial charge >= 0.3 is 0 Å². The molecule has 1 heterocycles. The van der Waals surface area contributed by atoms with Crippen molar-refractivity contribution in [2.24, 2.45) is 0 Å². The van der Waals surface area contributed by atoms with Gasteiger partial charge in [-0.05, 0) is 43.7 Å². The zero-order chi connectivity index (χ0) is 13.0. The Balaban J connectivity index is 2.07. The summed E-state index contributed by atoms with van der Waals surface area (Å²) in [5, 5.41) is 12.3. The summed E-state index contributed by atoms with van der Waals surface area (Å²) < 4.78 is 5.32. The lowest BCUT2D eigenvalue weighted by Gasteiger charge is -2.16. The van der Waals surface area contributed by atoms with Crippen molar-refractivity contribution >= 4 is 5.69 Å². The fraction of sp³-hybridized carbons (Fsp3) is 0.267. The number of furan rings is 1. The molecule has 0 fully saturated rings. The van der Waals surface area contributed by atoms with Crippen molar-refractivity contribution in [2.45, 2.75) is 26.3 Å². The first-order chi connectivity index (χ1) is 8.69. The molecule has 92 valence electrons. The second-order valence-electron chi connectivity index (χ2n) is 4.47. The maximum atomic E-state index is 8.90. The molecule has 0 aliphatic carbocycles. The molecule has 1 aromatic carbocycles. The van der Waals surface area contributed by atoms with Gasteiger partial charge in [-0.1, -0.05) is 6.07 Å². The first kappa shape index (κ1) is 12.3. The van der Waals surface area contributed by atoms with Crippen molar-refractivity contribution in [1.82, 2.24) is 0 Å². The second kappa shape index (κ2) is 5.42. The van der Waals surface area contributed by atoms with Crippen LogP contribution >= 0.6 is 0 Å². The number of nitrogens with one attached hydrogen (secondary N) is 1. The Morgan fingerprint density at radius 2 is 2.22 bits per heavy atom. The van der Waals surface area contributed by atoms with Gasteiger partial charge in [0, 0.05) is 18.2 Å². The molecule has 0 radical (unpaired) electrons. The third kappa shape index (κ3) is 2.92. The predicted octanol–water partition coefficient (Wildman–Crippen LogP) is 3.50. The van der Waals surface area contributed by atoms with E-state index in [0.29, 0.717) is 5.56 Å². The number of benzene rings is 1. The second-order valence-corrected chi connectivity index (χ2v) is 4.47. The van der Waals surface area contributed by atoms with E-state index in [4.69, 9.17) is 9.68 Å². The molecule has 1 N–H and O–H groups in total. The average Bonchev–Trinajstić information content (AvgIpc) is 2.84. The third-order valence-corrected chi connectivity index (χ3v) is 2.86. The Hall–Kier alpha value is -2.21. The van der Waals surface area contributed by atoms with Gasteiger partial charge in [-0.3, -0.25) is 0 Å². The van der Waals surface area contributed by atoms with Gasteiger partial charge in [0.05, 0.1) is 17.9 Å². The maximum absolute atomic E-state index is 8.90. The van der Waals surface area contributed by atoms with E-state index in [1.54, 1.807) is 6.26 Å². The molecule has 0 saturated heterocycles. The Labute approximate surface area is 107 Å². The van der Waals surface area contributed by atoms with Gasteiger partial charge in [-0.2, -0.15) is 5.26 Å². The fourth-order valence-corrected chi connectivity index (χ4v) is 1.89. The van der Waals surface area contributed by atoms with Crippen LogP contribution in [-0.2, 0) is 6.42 Å². The van der Waals surface area contributed by atoms with Crippen LogP contribution in [0.3, 0.4) is 0 Å². The largest absolute Gasteiger partial charge is 0.469 e. The minimum atomic E-state index is 0.254. The van der Waals surface area contributed by atoms with Crippen LogP contribution in [0.1, 0.15) is 23.8 Å². The molecule has 0 aliphatic rings. The number of aryl methyl sites for hydroxylation is 1. The van der Waals surface area contributed by atoms with Crippen molar-refractivity contribution in [3.8, 4) is 6.07 Å². The van der Waals surface area contributed by atoms with Crippen LogP contribution in [-0.4, -0.2) is 6.04 Å². The Morgan fingerprint density at radius 3 is 2.89 bits per heavy atom. The van der Waals surface area contributed by atoms with Crippen LogP contribution in [0.15, 0.2) is 41.0 Å². The molecule has 3 nitrogen and oxygen atoms in total. The first-order valence-electron chi connectivity index (χ1n) is 5.98. The average molecular weight is 240 g/mol. The lowest BCUT2D eigenvalue weighted by molar-refractivity contribution is 0.498. The van der Waals surface area contributed by atoms with E-state index in [1.165, 1.54) is 0 Å². The highest BCUT2D eigenvalue weighted by atomic mass is 16.3. The van der Waals surface area contributed by atoms with Gasteiger partial charge in [0.15, 0.2) is 0 Å². The van der Waals surface area contributed by atoms with Gasteiger partial charge in [-0.25, -0.2) is 0 Å². The normalized spacial score (nSPS) is 11.8. The van der Waals surface area contributed by atoms with Crippen LogP contribution in [0.25, 0.3) is 0 Å². The predicted molar refractivity (Wildman–Crippen MR) is 71.4 cm³/mol. The van der Waals surface area contributed by atoms with Crippen LogP contribution in [0.2, 0.25) is 0 Å². The quantitative estimate of drug-likeness (QED) is 0.889. The summed E-state index contributed by atoms with van der Waals surface area (Å²) in [5.41, 5.74) is 2.82. The van der Waals surface area contributed by atoms with E-state index in [2.05, 4.69) is 18.3 Å². The molecule has 0 aliphatic heterocycles. The zero-order valence-electron chi connectivity index (χ0n) is 10.6. The molecule has 3 heteroatoms. The molecule has 0 amide bonds. The lowest BCUT2D eigenvalue weighted by atomic mass is 10.1. The molecular formula is C15H16N2O. The maximum Gasteiger partial charge on any atom is 0.105 e.